The first-order valence-corrected chi connectivity index (χ1v) is 8.37. The van der Waals surface area contributed by atoms with Gasteiger partial charge in [-0.2, -0.15) is 0 Å². The Morgan fingerprint density at radius 2 is 2.11 bits per heavy atom. The molecule has 1 atom stereocenters. The monoisotopic (exact) mass is 383 g/mol. The first-order chi connectivity index (χ1) is 13.5. The zero-order valence-electron chi connectivity index (χ0n) is 14.9. The van der Waals surface area contributed by atoms with Crippen LogP contribution >= 0.6 is 0 Å². The van der Waals surface area contributed by atoms with E-state index in [1.807, 2.05) is 0 Å². The van der Waals surface area contributed by atoms with Crippen LogP contribution in [0.5, 0.6) is 0 Å². The van der Waals surface area contributed by atoms with Crippen LogP contribution in [0.4, 0.5) is 5.69 Å². The smallest absolute Gasteiger partial charge is 0.295 e. The zero-order chi connectivity index (χ0) is 20.3. The Morgan fingerprint density at radius 3 is 2.75 bits per heavy atom. The Kier molecular flexibility index (Phi) is 5.46. The summed E-state index contributed by atoms with van der Waals surface area (Å²) in [6, 6.07) is 7.72. The second kappa shape index (κ2) is 7.97. The number of rotatable bonds is 6. The standard InChI is InChI=1S/C19H17N3O6/c1-28-9-8-21-16(13-5-3-7-20-11-13)15(18(24)19(21)25)17(23)12-4-2-6-14(10-12)22(26)27/h2-7,10-11,16,23H,8-9H2,1H3/b17-15-. The van der Waals surface area contributed by atoms with Crippen LogP contribution in [0.3, 0.4) is 0 Å². The molecule has 0 aliphatic carbocycles. The molecule has 0 bridgehead atoms. The van der Waals surface area contributed by atoms with Gasteiger partial charge in [0.1, 0.15) is 5.76 Å². The van der Waals surface area contributed by atoms with Crippen molar-refractivity contribution in [2.24, 2.45) is 0 Å². The number of nitro groups is 1. The van der Waals surface area contributed by atoms with E-state index in [2.05, 4.69) is 4.98 Å². The number of aliphatic hydroxyl groups excluding tert-OH is 1. The van der Waals surface area contributed by atoms with Crippen molar-refractivity contribution in [1.29, 1.82) is 0 Å². The highest BCUT2D eigenvalue weighted by atomic mass is 16.6. The van der Waals surface area contributed by atoms with Gasteiger partial charge < -0.3 is 14.7 Å². The van der Waals surface area contributed by atoms with E-state index in [0.717, 1.165) is 6.07 Å². The van der Waals surface area contributed by atoms with Crippen LogP contribution in [0.1, 0.15) is 17.2 Å². The summed E-state index contributed by atoms with van der Waals surface area (Å²) in [5.41, 5.74) is 0.225. The number of ether oxygens (including phenoxy) is 1. The number of carbonyl (C=O) groups excluding carboxylic acids is 2. The highest BCUT2D eigenvalue weighted by Gasteiger charge is 2.46. The van der Waals surface area contributed by atoms with Gasteiger partial charge in [0.25, 0.3) is 17.4 Å². The van der Waals surface area contributed by atoms with Crippen molar-refractivity contribution in [3.63, 3.8) is 0 Å². The summed E-state index contributed by atoms with van der Waals surface area (Å²) in [6.45, 7) is 0.326. The molecule has 1 saturated heterocycles. The number of benzene rings is 1. The van der Waals surface area contributed by atoms with Gasteiger partial charge >= 0.3 is 0 Å². The molecule has 0 spiro atoms. The third-order valence-electron chi connectivity index (χ3n) is 4.41. The summed E-state index contributed by atoms with van der Waals surface area (Å²) in [7, 11) is 1.47. The third-order valence-corrected chi connectivity index (χ3v) is 4.41. The number of likely N-dealkylation sites (tertiary alicyclic amines) is 1. The molecule has 28 heavy (non-hydrogen) atoms. The maximum Gasteiger partial charge on any atom is 0.295 e. The van der Waals surface area contributed by atoms with Crippen molar-refractivity contribution in [3.8, 4) is 0 Å². The number of carbonyl (C=O) groups is 2. The first-order valence-electron chi connectivity index (χ1n) is 8.37. The third kappa shape index (κ3) is 3.47. The maximum atomic E-state index is 12.7. The number of pyridine rings is 1. The van der Waals surface area contributed by atoms with Crippen LogP contribution in [0.2, 0.25) is 0 Å². The summed E-state index contributed by atoms with van der Waals surface area (Å²) >= 11 is 0. The van der Waals surface area contributed by atoms with Crippen molar-refractivity contribution in [2.75, 3.05) is 20.3 Å². The number of aliphatic hydroxyl groups is 1. The molecular formula is C19H17N3O6. The Bertz CT molecular complexity index is 957. The largest absolute Gasteiger partial charge is 0.507 e. The predicted molar refractivity (Wildman–Crippen MR) is 98.2 cm³/mol. The fourth-order valence-electron chi connectivity index (χ4n) is 3.11. The summed E-state index contributed by atoms with van der Waals surface area (Å²) in [6.07, 6.45) is 3.04. The molecule has 1 aromatic carbocycles. The lowest BCUT2D eigenvalue weighted by Crippen LogP contribution is -2.32. The molecule has 1 fully saturated rings. The lowest BCUT2D eigenvalue weighted by Gasteiger charge is -2.24. The molecule has 144 valence electrons. The average molecular weight is 383 g/mol. The van der Waals surface area contributed by atoms with Gasteiger partial charge in [-0.25, -0.2) is 0 Å². The Morgan fingerprint density at radius 1 is 1.32 bits per heavy atom. The van der Waals surface area contributed by atoms with Crippen LogP contribution in [-0.2, 0) is 14.3 Å². The van der Waals surface area contributed by atoms with Gasteiger partial charge in [-0.1, -0.05) is 18.2 Å². The SMILES string of the molecule is COCCN1C(=O)C(=O)/C(=C(\O)c2cccc([N+](=O)[O-])c2)C1c1cccnc1. The predicted octanol–water partition coefficient (Wildman–Crippen LogP) is 2.06. The second-order valence-corrected chi connectivity index (χ2v) is 6.08. The number of hydrogen-bond acceptors (Lipinski definition) is 7. The molecule has 3 rings (SSSR count). The maximum absolute atomic E-state index is 12.7. The number of amides is 1. The normalized spacial score (nSPS) is 18.5. The van der Waals surface area contributed by atoms with Gasteiger partial charge in [0, 0.05) is 43.7 Å². The first kappa shape index (κ1) is 19.2. The molecule has 1 aliphatic heterocycles. The number of hydrogen-bond donors (Lipinski definition) is 1. The van der Waals surface area contributed by atoms with Gasteiger partial charge in [-0.15, -0.1) is 0 Å². The molecular weight excluding hydrogens is 366 g/mol. The van der Waals surface area contributed by atoms with Crippen LogP contribution in [0, 0.1) is 10.1 Å². The van der Waals surface area contributed by atoms with E-state index in [4.69, 9.17) is 4.74 Å². The van der Waals surface area contributed by atoms with Gasteiger partial charge in [-0.3, -0.25) is 24.7 Å². The van der Waals surface area contributed by atoms with Crippen molar-refractivity contribution >= 4 is 23.1 Å². The fourth-order valence-corrected chi connectivity index (χ4v) is 3.11. The summed E-state index contributed by atoms with van der Waals surface area (Å²) in [4.78, 5) is 41.0. The van der Waals surface area contributed by atoms with Crippen molar-refractivity contribution in [2.45, 2.75) is 6.04 Å². The second-order valence-electron chi connectivity index (χ2n) is 6.08. The molecule has 0 saturated carbocycles. The van der Waals surface area contributed by atoms with E-state index in [-0.39, 0.29) is 30.0 Å². The molecule has 9 nitrogen and oxygen atoms in total. The van der Waals surface area contributed by atoms with Gasteiger partial charge in [-0.05, 0) is 11.6 Å². The van der Waals surface area contributed by atoms with E-state index in [1.54, 1.807) is 18.3 Å². The molecule has 0 radical (unpaired) electrons. The lowest BCUT2D eigenvalue weighted by atomic mass is 9.96. The van der Waals surface area contributed by atoms with Gasteiger partial charge in [0.05, 0.1) is 23.1 Å². The highest BCUT2D eigenvalue weighted by molar-refractivity contribution is 6.46. The van der Waals surface area contributed by atoms with Crippen molar-refractivity contribution in [3.05, 3.63) is 75.6 Å². The Labute approximate surface area is 160 Å². The number of non-ortho nitro benzene ring substituents is 1. The van der Waals surface area contributed by atoms with E-state index < -0.39 is 28.4 Å². The van der Waals surface area contributed by atoms with E-state index in [9.17, 15) is 24.8 Å². The average Bonchev–Trinajstić information content (AvgIpc) is 2.97. The van der Waals surface area contributed by atoms with Gasteiger partial charge in [0.2, 0.25) is 0 Å². The summed E-state index contributed by atoms with van der Waals surface area (Å²) in [5.74, 6) is -2.12. The van der Waals surface area contributed by atoms with Crippen LogP contribution in [0.15, 0.2) is 54.4 Å². The molecule has 2 heterocycles. The number of methoxy groups -OCH3 is 1. The van der Waals surface area contributed by atoms with E-state index in [1.165, 1.54) is 36.4 Å². The van der Waals surface area contributed by atoms with Gasteiger partial charge in [0.15, 0.2) is 0 Å². The van der Waals surface area contributed by atoms with E-state index >= 15 is 0 Å². The fraction of sp³-hybridized carbons (Fsp3) is 0.211. The molecule has 1 aromatic heterocycles. The highest BCUT2D eigenvalue weighted by Crippen LogP contribution is 2.39. The van der Waals surface area contributed by atoms with Crippen molar-refractivity contribution in [1.82, 2.24) is 9.88 Å². The molecule has 1 amide bonds. The quantitative estimate of drug-likeness (QED) is 0.266. The minimum atomic E-state index is -0.872. The molecule has 1 unspecified atom stereocenters. The number of nitrogens with zero attached hydrogens (tertiary/aromatic N) is 3. The number of Topliss-reactive ketones (excluding diaryl/α,β-unsaturated/α-hetero) is 1. The summed E-state index contributed by atoms with van der Waals surface area (Å²) < 4.78 is 5.02. The van der Waals surface area contributed by atoms with Crippen LogP contribution in [0.25, 0.3) is 5.76 Å². The molecule has 2 aromatic rings. The lowest BCUT2D eigenvalue weighted by molar-refractivity contribution is -0.384. The zero-order valence-corrected chi connectivity index (χ0v) is 14.9. The van der Waals surface area contributed by atoms with Crippen molar-refractivity contribution < 1.29 is 24.4 Å². The van der Waals surface area contributed by atoms with Crippen LogP contribution < -0.4 is 0 Å². The minimum Gasteiger partial charge on any atom is -0.507 e. The van der Waals surface area contributed by atoms with E-state index in [0.29, 0.717) is 5.56 Å². The molecule has 9 heteroatoms. The summed E-state index contributed by atoms with van der Waals surface area (Å²) in [5, 5.41) is 21.8. The molecule has 1 N–H and O–H groups in total. The number of aromatic nitrogens is 1. The topological polar surface area (TPSA) is 123 Å². The Hall–Kier alpha value is -3.59. The van der Waals surface area contributed by atoms with Crippen LogP contribution in [-0.4, -0.2) is 51.9 Å². The Balaban J connectivity index is 2.16. The number of ketones is 1. The molecule has 1 aliphatic rings. The minimum absolute atomic E-state index is 0.0767. The number of nitro benzene ring substituents is 1.